The molecule has 1 aromatic heterocycles. The fourth-order valence-electron chi connectivity index (χ4n) is 7.03. The first-order chi connectivity index (χ1) is 20.6. The maximum atomic E-state index is 16.1. The van der Waals surface area contributed by atoms with E-state index in [0.29, 0.717) is 44.5 Å². The number of anilines is 1. The lowest BCUT2D eigenvalue weighted by molar-refractivity contribution is -0.146. The quantitative estimate of drug-likeness (QED) is 0.134. The van der Waals surface area contributed by atoms with E-state index in [1.807, 2.05) is 67.7 Å². The van der Waals surface area contributed by atoms with Crippen LogP contribution in [0.25, 0.3) is 0 Å². The fraction of sp³-hybridized carbons (Fsp3) is 0.500. The molecule has 2 aliphatic rings. The zero-order valence-corrected chi connectivity index (χ0v) is 26.3. The molecule has 230 valence electrons. The molecule has 2 aromatic carbocycles. The van der Waals surface area contributed by atoms with Gasteiger partial charge in [0.05, 0.1) is 37.1 Å². The number of halogens is 1. The van der Waals surface area contributed by atoms with Crippen molar-refractivity contribution in [3.8, 4) is 0 Å². The normalized spacial score (nSPS) is 24.0. The van der Waals surface area contributed by atoms with Gasteiger partial charge in [-0.25, -0.2) is 0 Å². The molecular weight excluding hydrogens is 567 g/mol. The number of methoxy groups -OCH3 is 1. The Morgan fingerprint density at radius 2 is 1.86 bits per heavy atom. The number of fused-ring (bicyclic) bond motifs is 2. The van der Waals surface area contributed by atoms with Crippen LogP contribution in [0.4, 0.5) is 9.80 Å². The van der Waals surface area contributed by atoms with Crippen molar-refractivity contribution in [2.75, 3.05) is 25.2 Å². The number of nitrogens with zero attached hydrogens (tertiary/aromatic N) is 4. The summed E-state index contributed by atoms with van der Waals surface area (Å²) in [5.74, 6) is -1.11. The monoisotopic (exact) mass is 608 g/mol. The van der Waals surface area contributed by atoms with Crippen LogP contribution in [-0.2, 0) is 31.2 Å². The largest absolute Gasteiger partial charge is 0.469 e. The number of hydrogen-bond donors (Lipinski definition) is 1. The Morgan fingerprint density at radius 3 is 2.56 bits per heavy atom. The Balaban J connectivity index is 1.37. The van der Waals surface area contributed by atoms with Crippen LogP contribution in [0.15, 0.2) is 60.8 Å². The predicted octanol–water partition coefficient (Wildman–Crippen LogP) is 4.96. The second-order valence-electron chi connectivity index (χ2n) is 12.1. The van der Waals surface area contributed by atoms with Gasteiger partial charge in [-0.3, -0.25) is 14.3 Å². The second kappa shape index (κ2) is 12.7. The van der Waals surface area contributed by atoms with Gasteiger partial charge in [-0.05, 0) is 44.0 Å². The van der Waals surface area contributed by atoms with Gasteiger partial charge in [0.25, 0.3) is 5.91 Å². The van der Waals surface area contributed by atoms with Crippen molar-refractivity contribution >= 4 is 26.0 Å². The molecule has 5 atom stereocenters. The van der Waals surface area contributed by atoms with E-state index in [0.717, 1.165) is 16.8 Å². The fourth-order valence-corrected chi connectivity index (χ4v) is 9.57. The highest BCUT2D eigenvalue weighted by Crippen LogP contribution is 2.60. The molecule has 3 aromatic rings. The highest BCUT2D eigenvalue weighted by Gasteiger charge is 2.66. The zero-order valence-electron chi connectivity index (χ0n) is 25.3. The third-order valence-electron chi connectivity index (χ3n) is 9.05. The van der Waals surface area contributed by atoms with Gasteiger partial charge in [0.2, 0.25) is 8.41 Å². The van der Waals surface area contributed by atoms with Gasteiger partial charge in [-0.1, -0.05) is 60.7 Å². The SMILES string of the molecule is COC(=O)CCCCN1C(=O)[C@@]2(O[C@@H](CCn3cc(C(CO)c4ccccc4)nn3)[C@H]([Si](C)(C)F)[C@H]2C)c2ccccc21. The van der Waals surface area contributed by atoms with E-state index in [1.54, 1.807) is 22.7 Å². The molecule has 1 N–H and O–H groups in total. The van der Waals surface area contributed by atoms with Crippen molar-refractivity contribution in [1.82, 2.24) is 15.0 Å². The summed E-state index contributed by atoms with van der Waals surface area (Å²) in [6, 6.07) is 17.3. The number of carbonyl (C=O) groups is 2. The Morgan fingerprint density at radius 1 is 1.14 bits per heavy atom. The van der Waals surface area contributed by atoms with Crippen molar-refractivity contribution < 1.29 is 28.3 Å². The summed E-state index contributed by atoms with van der Waals surface area (Å²) < 4.78 is 29.3. The number of aliphatic hydroxyl groups is 1. The summed E-state index contributed by atoms with van der Waals surface area (Å²) in [7, 11) is -1.92. The molecule has 1 unspecified atom stereocenters. The number of rotatable bonds is 12. The summed E-state index contributed by atoms with van der Waals surface area (Å²) in [6.07, 6.45) is 3.30. The molecule has 0 aliphatic carbocycles. The molecule has 5 rings (SSSR count). The molecule has 1 saturated heterocycles. The van der Waals surface area contributed by atoms with Crippen LogP contribution in [-0.4, -0.2) is 66.7 Å². The van der Waals surface area contributed by atoms with Crippen molar-refractivity contribution in [2.24, 2.45) is 5.92 Å². The summed E-state index contributed by atoms with van der Waals surface area (Å²) in [6.45, 7) is 6.11. The van der Waals surface area contributed by atoms with Crippen molar-refractivity contribution in [2.45, 2.75) is 75.4 Å². The van der Waals surface area contributed by atoms with Crippen molar-refractivity contribution in [3.05, 3.63) is 77.6 Å². The first-order valence-corrected chi connectivity index (χ1v) is 18.0. The Hall–Kier alpha value is -3.41. The number of unbranched alkanes of at least 4 members (excludes halogenated alkanes) is 1. The van der Waals surface area contributed by atoms with Crippen molar-refractivity contribution in [3.63, 3.8) is 0 Å². The molecule has 9 nitrogen and oxygen atoms in total. The number of aromatic nitrogens is 3. The Labute approximate surface area is 253 Å². The average molecular weight is 609 g/mol. The molecular formula is C32H41FN4O5Si. The minimum absolute atomic E-state index is 0.0983. The highest BCUT2D eigenvalue weighted by atomic mass is 28.4. The van der Waals surface area contributed by atoms with E-state index in [1.165, 1.54) is 7.11 Å². The minimum atomic E-state index is -3.29. The molecule has 0 saturated carbocycles. The van der Waals surface area contributed by atoms with Gasteiger partial charge in [-0.2, -0.15) is 0 Å². The van der Waals surface area contributed by atoms with E-state index >= 15 is 4.11 Å². The summed E-state index contributed by atoms with van der Waals surface area (Å²) in [5, 5.41) is 18.7. The summed E-state index contributed by atoms with van der Waals surface area (Å²) in [5.41, 5.74) is 1.49. The molecule has 1 fully saturated rings. The Bertz CT molecular complexity index is 1430. The first kappa shape index (κ1) is 31.0. The van der Waals surface area contributed by atoms with E-state index in [9.17, 15) is 14.7 Å². The number of benzene rings is 2. The van der Waals surface area contributed by atoms with Gasteiger partial charge >= 0.3 is 5.97 Å². The summed E-state index contributed by atoms with van der Waals surface area (Å²) >= 11 is 0. The van der Waals surface area contributed by atoms with Crippen molar-refractivity contribution in [1.29, 1.82) is 0 Å². The van der Waals surface area contributed by atoms with Gasteiger partial charge in [0, 0.05) is 42.7 Å². The second-order valence-corrected chi connectivity index (χ2v) is 15.9. The maximum absolute atomic E-state index is 16.1. The number of para-hydroxylation sites is 1. The third kappa shape index (κ3) is 5.90. The molecule has 3 heterocycles. The molecule has 0 bridgehead atoms. The zero-order chi connectivity index (χ0) is 30.8. The molecule has 11 heteroatoms. The average Bonchev–Trinajstić information content (AvgIpc) is 3.65. The van der Waals surface area contributed by atoms with Crippen LogP contribution in [0.3, 0.4) is 0 Å². The number of amides is 1. The van der Waals surface area contributed by atoms with Crippen LogP contribution in [0, 0.1) is 5.92 Å². The van der Waals surface area contributed by atoms with Gasteiger partial charge in [0.15, 0.2) is 5.60 Å². The lowest BCUT2D eigenvalue weighted by Gasteiger charge is -2.31. The number of esters is 1. The molecule has 43 heavy (non-hydrogen) atoms. The molecule has 1 amide bonds. The summed E-state index contributed by atoms with van der Waals surface area (Å²) in [4.78, 5) is 27.6. The van der Waals surface area contributed by atoms with E-state index < -0.39 is 25.7 Å². The van der Waals surface area contributed by atoms with Gasteiger partial charge in [-0.15, -0.1) is 5.10 Å². The number of ether oxygens (including phenoxy) is 2. The topological polar surface area (TPSA) is 107 Å². The van der Waals surface area contributed by atoms with E-state index in [2.05, 4.69) is 10.3 Å². The third-order valence-corrected chi connectivity index (χ3v) is 11.5. The minimum Gasteiger partial charge on any atom is -0.469 e. The standard InChI is InChI=1S/C32H41FN4O5Si/c1-22-30(43(3,4)33)28(17-19-36-20-26(34-35-36)24(21-38)23-12-6-5-7-13-23)42-32(22)25-14-8-9-15-27(25)37(31(32)40)18-11-10-16-29(39)41-2/h5-9,12-15,20,22,24,28,30,38H,10-11,16-19,21H2,1-4H3/t22-,24?,28+,30-,32+/m1/s1. The van der Waals surface area contributed by atoms with Crippen LogP contribution in [0.5, 0.6) is 0 Å². The number of hydrogen-bond acceptors (Lipinski definition) is 7. The van der Waals surface area contributed by atoms with E-state index in [4.69, 9.17) is 9.47 Å². The molecule has 1 spiro atoms. The lowest BCUT2D eigenvalue weighted by atomic mass is 9.82. The van der Waals surface area contributed by atoms with Crippen LogP contribution >= 0.6 is 0 Å². The molecule has 0 radical (unpaired) electrons. The Kier molecular flexibility index (Phi) is 9.14. The number of carbonyl (C=O) groups excluding carboxylic acids is 2. The smallest absolute Gasteiger partial charge is 0.305 e. The maximum Gasteiger partial charge on any atom is 0.305 e. The number of aryl methyl sites for hydroxylation is 1. The predicted molar refractivity (Wildman–Crippen MR) is 163 cm³/mol. The van der Waals surface area contributed by atoms with Crippen LogP contribution in [0.2, 0.25) is 18.6 Å². The van der Waals surface area contributed by atoms with E-state index in [-0.39, 0.29) is 30.3 Å². The van der Waals surface area contributed by atoms with Crippen LogP contribution in [0.1, 0.15) is 55.3 Å². The number of aliphatic hydroxyl groups excluding tert-OH is 1. The lowest BCUT2D eigenvalue weighted by Crippen LogP contribution is -2.45. The van der Waals surface area contributed by atoms with Crippen LogP contribution < -0.4 is 4.90 Å². The van der Waals surface area contributed by atoms with Gasteiger partial charge < -0.3 is 23.6 Å². The van der Waals surface area contributed by atoms with Gasteiger partial charge in [0.1, 0.15) is 0 Å². The first-order valence-electron chi connectivity index (χ1n) is 15.0. The highest BCUT2D eigenvalue weighted by molar-refractivity contribution is 6.72. The molecule has 2 aliphatic heterocycles.